The van der Waals surface area contributed by atoms with Gasteiger partial charge >= 0.3 is 0 Å². The number of benzene rings is 2. The van der Waals surface area contributed by atoms with Crippen LogP contribution < -0.4 is 14.9 Å². The van der Waals surface area contributed by atoms with Crippen LogP contribution in [0.1, 0.15) is 29.5 Å². The molecule has 0 saturated carbocycles. The Morgan fingerprint density at radius 3 is 2.51 bits per heavy atom. The third-order valence-corrected chi connectivity index (χ3v) is 8.19. The van der Waals surface area contributed by atoms with Gasteiger partial charge in [-0.15, -0.1) is 10.2 Å². The first-order chi connectivity index (χ1) is 16.7. The van der Waals surface area contributed by atoms with E-state index in [2.05, 4.69) is 27.2 Å². The van der Waals surface area contributed by atoms with Crippen molar-refractivity contribution in [2.45, 2.75) is 38.0 Å². The van der Waals surface area contributed by atoms with E-state index < -0.39 is 15.9 Å². The van der Waals surface area contributed by atoms with Gasteiger partial charge in [0.05, 0.1) is 10.8 Å². The Balaban J connectivity index is 1.28. The van der Waals surface area contributed by atoms with Crippen LogP contribution in [0.5, 0.6) is 0 Å². The Bertz CT molecular complexity index is 1300. The summed E-state index contributed by atoms with van der Waals surface area (Å²) in [7, 11) is -3.61. The fourth-order valence-electron chi connectivity index (χ4n) is 3.75. The minimum atomic E-state index is -3.61. The van der Waals surface area contributed by atoms with Gasteiger partial charge in [-0.1, -0.05) is 48.1 Å². The minimum absolute atomic E-state index is 0.0896. The summed E-state index contributed by atoms with van der Waals surface area (Å²) in [5, 5.41) is 11.7. The Labute approximate surface area is 208 Å². The highest BCUT2D eigenvalue weighted by atomic mass is 32.2. The lowest BCUT2D eigenvalue weighted by Gasteiger charge is -2.17. The molecule has 2 aromatic carbocycles. The van der Waals surface area contributed by atoms with Gasteiger partial charge < -0.3 is 10.2 Å². The van der Waals surface area contributed by atoms with Crippen molar-refractivity contribution in [3.8, 4) is 0 Å². The maximum absolute atomic E-state index is 12.7. The van der Waals surface area contributed by atoms with Crippen LogP contribution in [0.25, 0.3) is 0 Å². The minimum Gasteiger partial charge on any atom is -0.312 e. The number of sulfonamides is 1. The summed E-state index contributed by atoms with van der Waals surface area (Å²) >= 11 is 1.18. The molecular formula is C24H27N5O4S2. The molecule has 2 heterocycles. The van der Waals surface area contributed by atoms with Crippen LogP contribution in [0.2, 0.25) is 0 Å². The van der Waals surface area contributed by atoms with Crippen LogP contribution >= 0.6 is 11.3 Å². The second-order valence-corrected chi connectivity index (χ2v) is 11.2. The van der Waals surface area contributed by atoms with E-state index in [-0.39, 0.29) is 29.7 Å². The van der Waals surface area contributed by atoms with Crippen LogP contribution in [-0.4, -0.2) is 43.5 Å². The molecular weight excluding hydrogens is 486 g/mol. The van der Waals surface area contributed by atoms with E-state index in [0.717, 1.165) is 17.7 Å². The Kier molecular flexibility index (Phi) is 7.58. The first-order valence-corrected chi connectivity index (χ1v) is 13.6. The quantitative estimate of drug-likeness (QED) is 0.454. The van der Waals surface area contributed by atoms with Gasteiger partial charge in [0.25, 0.3) is 0 Å². The molecule has 35 heavy (non-hydrogen) atoms. The lowest BCUT2D eigenvalue weighted by molar-refractivity contribution is -0.122. The van der Waals surface area contributed by atoms with E-state index in [0.29, 0.717) is 23.1 Å². The van der Waals surface area contributed by atoms with E-state index in [1.165, 1.54) is 16.9 Å². The molecule has 1 fully saturated rings. The van der Waals surface area contributed by atoms with Crippen molar-refractivity contribution in [2.24, 2.45) is 5.92 Å². The molecule has 11 heteroatoms. The molecule has 0 aliphatic carbocycles. The van der Waals surface area contributed by atoms with Crippen molar-refractivity contribution in [1.82, 2.24) is 14.9 Å². The summed E-state index contributed by atoms with van der Waals surface area (Å²) in [6, 6.07) is 14.4. The third-order valence-electron chi connectivity index (χ3n) is 5.81. The van der Waals surface area contributed by atoms with Gasteiger partial charge in [-0.05, 0) is 43.2 Å². The van der Waals surface area contributed by atoms with Crippen LogP contribution in [0.4, 0.5) is 10.8 Å². The largest absolute Gasteiger partial charge is 0.312 e. The zero-order valence-corrected chi connectivity index (χ0v) is 21.2. The standard InChI is InChI=1S/C24H27N5O4S2/c1-3-17-6-8-19(9-7-17)29-15-18(14-22(29)30)23(31)26-24-28-27-21(34-24)12-13-25-35(32,33)20-10-4-16(2)5-11-20/h4-11,18,25H,3,12-15H2,1-2H3,(H,26,28,31). The van der Waals surface area contributed by atoms with Crippen LogP contribution in [0.15, 0.2) is 53.4 Å². The van der Waals surface area contributed by atoms with Crippen LogP contribution in [0, 0.1) is 12.8 Å². The SMILES string of the molecule is CCc1ccc(N2CC(C(=O)Nc3nnc(CCNS(=O)(=O)c4ccc(C)cc4)s3)CC2=O)cc1. The summed E-state index contributed by atoms with van der Waals surface area (Å²) in [5.74, 6) is -0.857. The maximum Gasteiger partial charge on any atom is 0.240 e. The molecule has 0 spiro atoms. The topological polar surface area (TPSA) is 121 Å². The van der Waals surface area contributed by atoms with E-state index in [1.54, 1.807) is 29.2 Å². The summed E-state index contributed by atoms with van der Waals surface area (Å²) in [5.41, 5.74) is 2.95. The first-order valence-electron chi connectivity index (χ1n) is 11.3. The Morgan fingerprint density at radius 1 is 1.11 bits per heavy atom. The van der Waals surface area contributed by atoms with E-state index in [4.69, 9.17) is 0 Å². The summed E-state index contributed by atoms with van der Waals surface area (Å²) < 4.78 is 27.3. The molecule has 1 atom stereocenters. The van der Waals surface area contributed by atoms with E-state index in [9.17, 15) is 18.0 Å². The predicted molar refractivity (Wildman–Crippen MR) is 135 cm³/mol. The number of nitrogens with zero attached hydrogens (tertiary/aromatic N) is 3. The van der Waals surface area contributed by atoms with Crippen molar-refractivity contribution < 1.29 is 18.0 Å². The fourth-order valence-corrected chi connectivity index (χ4v) is 5.52. The average molecular weight is 514 g/mol. The molecule has 1 saturated heterocycles. The lowest BCUT2D eigenvalue weighted by Crippen LogP contribution is -2.28. The predicted octanol–water partition coefficient (Wildman–Crippen LogP) is 2.92. The fraction of sp³-hybridized carbons (Fsp3) is 0.333. The number of hydrogen-bond donors (Lipinski definition) is 2. The zero-order chi connectivity index (χ0) is 25.0. The molecule has 1 aliphatic heterocycles. The maximum atomic E-state index is 12.7. The molecule has 0 radical (unpaired) electrons. The molecule has 4 rings (SSSR count). The molecule has 1 aliphatic rings. The zero-order valence-electron chi connectivity index (χ0n) is 19.5. The summed E-state index contributed by atoms with van der Waals surface area (Å²) in [6.07, 6.45) is 1.39. The highest BCUT2D eigenvalue weighted by Gasteiger charge is 2.35. The number of nitrogens with one attached hydrogen (secondary N) is 2. The van der Waals surface area contributed by atoms with Crippen molar-refractivity contribution in [2.75, 3.05) is 23.3 Å². The van der Waals surface area contributed by atoms with Gasteiger partial charge in [-0.3, -0.25) is 9.59 Å². The first kappa shape index (κ1) is 25.0. The summed E-state index contributed by atoms with van der Waals surface area (Å²) in [6.45, 7) is 4.42. The Morgan fingerprint density at radius 2 is 1.83 bits per heavy atom. The Hall–Kier alpha value is -3.15. The second-order valence-electron chi connectivity index (χ2n) is 8.38. The molecule has 2 N–H and O–H groups in total. The van der Waals surface area contributed by atoms with Gasteiger partial charge in [0.2, 0.25) is 27.0 Å². The molecule has 1 aromatic heterocycles. The van der Waals surface area contributed by atoms with Gasteiger partial charge in [-0.2, -0.15) is 0 Å². The summed E-state index contributed by atoms with van der Waals surface area (Å²) in [4.78, 5) is 27.1. The second kappa shape index (κ2) is 10.6. The molecule has 3 aromatic rings. The lowest BCUT2D eigenvalue weighted by atomic mass is 10.1. The van der Waals surface area contributed by atoms with Crippen molar-refractivity contribution in [3.05, 3.63) is 64.7 Å². The number of rotatable bonds is 9. The molecule has 2 amide bonds. The van der Waals surface area contributed by atoms with Gasteiger partial charge in [0.1, 0.15) is 5.01 Å². The number of amides is 2. The molecule has 0 bridgehead atoms. The van der Waals surface area contributed by atoms with Gasteiger partial charge in [0, 0.05) is 31.6 Å². The molecule has 1 unspecified atom stereocenters. The highest BCUT2D eigenvalue weighted by Crippen LogP contribution is 2.27. The van der Waals surface area contributed by atoms with Crippen LogP contribution in [-0.2, 0) is 32.5 Å². The number of aryl methyl sites for hydroxylation is 2. The smallest absolute Gasteiger partial charge is 0.240 e. The number of carbonyl (C=O) groups excluding carboxylic acids is 2. The number of anilines is 2. The highest BCUT2D eigenvalue weighted by molar-refractivity contribution is 7.89. The van der Waals surface area contributed by atoms with Gasteiger partial charge in [0.15, 0.2) is 0 Å². The number of aromatic nitrogens is 2. The molecule has 184 valence electrons. The van der Waals surface area contributed by atoms with E-state index in [1.807, 2.05) is 31.2 Å². The number of carbonyl (C=O) groups is 2. The van der Waals surface area contributed by atoms with Crippen molar-refractivity contribution >= 4 is 44.0 Å². The van der Waals surface area contributed by atoms with Crippen molar-refractivity contribution in [1.29, 1.82) is 0 Å². The van der Waals surface area contributed by atoms with E-state index >= 15 is 0 Å². The van der Waals surface area contributed by atoms with Gasteiger partial charge in [-0.25, -0.2) is 13.1 Å². The normalized spacial score (nSPS) is 16.0. The van der Waals surface area contributed by atoms with Crippen LogP contribution in [0.3, 0.4) is 0 Å². The average Bonchev–Trinajstić information content (AvgIpc) is 3.45. The number of hydrogen-bond acceptors (Lipinski definition) is 7. The monoisotopic (exact) mass is 513 g/mol. The third kappa shape index (κ3) is 6.11. The van der Waals surface area contributed by atoms with Crippen molar-refractivity contribution in [3.63, 3.8) is 0 Å². The molecule has 9 nitrogen and oxygen atoms in total.